The van der Waals surface area contributed by atoms with Crippen LogP contribution in [0.4, 0.5) is 5.95 Å². The third-order valence-electron chi connectivity index (χ3n) is 5.08. The van der Waals surface area contributed by atoms with Gasteiger partial charge in [0, 0.05) is 18.8 Å². The van der Waals surface area contributed by atoms with Crippen molar-refractivity contribution in [3.63, 3.8) is 0 Å². The van der Waals surface area contributed by atoms with Gasteiger partial charge in [0.25, 0.3) is 0 Å². The molecule has 21 heavy (non-hydrogen) atoms. The number of carboxylic acid groups (broad SMARTS) is 1. The van der Waals surface area contributed by atoms with Crippen molar-refractivity contribution >= 4 is 11.9 Å². The van der Waals surface area contributed by atoms with Crippen LogP contribution in [0.1, 0.15) is 61.1 Å². The molecule has 5 heteroatoms. The second-order valence-corrected chi connectivity index (χ2v) is 6.55. The number of anilines is 1. The van der Waals surface area contributed by atoms with Crippen LogP contribution in [-0.4, -0.2) is 34.1 Å². The molecular weight excluding hydrogens is 266 g/mol. The molecule has 1 aliphatic carbocycles. The fraction of sp³-hybridized carbons (Fsp3) is 0.688. The van der Waals surface area contributed by atoms with Crippen molar-refractivity contribution in [1.29, 1.82) is 0 Å². The molecule has 0 atom stereocenters. The van der Waals surface area contributed by atoms with Crippen molar-refractivity contribution < 1.29 is 9.90 Å². The molecule has 0 bridgehead atoms. The Kier molecular flexibility index (Phi) is 3.83. The average molecular weight is 289 g/mol. The first-order valence-corrected chi connectivity index (χ1v) is 7.92. The summed E-state index contributed by atoms with van der Waals surface area (Å²) in [5.74, 6) is -0.402. The summed E-state index contributed by atoms with van der Waals surface area (Å²) in [6.07, 6.45) is 9.20. The Morgan fingerprint density at radius 3 is 2.43 bits per heavy atom. The molecule has 0 unspecified atom stereocenters. The standard InChI is InChI=1S/C16H23N3O2/c1-12-11-13(14(20)21)18-15(17-12)19-9-7-16(8-10-19)5-3-2-4-6-16/h11H,2-10H2,1H3,(H,20,21). The van der Waals surface area contributed by atoms with Gasteiger partial charge in [0.2, 0.25) is 5.95 Å². The SMILES string of the molecule is Cc1cc(C(=O)O)nc(N2CCC3(CCCCC3)CC2)n1. The Balaban J connectivity index is 1.73. The van der Waals surface area contributed by atoms with Gasteiger partial charge in [0.05, 0.1) is 0 Å². The lowest BCUT2D eigenvalue weighted by Gasteiger charge is -2.44. The summed E-state index contributed by atoms with van der Waals surface area (Å²) < 4.78 is 0. The lowest BCUT2D eigenvalue weighted by Crippen LogP contribution is -2.42. The van der Waals surface area contributed by atoms with Gasteiger partial charge >= 0.3 is 5.97 Å². The molecule has 0 radical (unpaired) electrons. The van der Waals surface area contributed by atoms with E-state index in [-0.39, 0.29) is 5.69 Å². The van der Waals surface area contributed by atoms with E-state index in [1.807, 2.05) is 6.92 Å². The molecule has 114 valence electrons. The number of aromatic nitrogens is 2. The molecule has 2 aliphatic rings. The quantitative estimate of drug-likeness (QED) is 0.906. The summed E-state index contributed by atoms with van der Waals surface area (Å²) in [5.41, 5.74) is 1.35. The molecule has 1 spiro atoms. The van der Waals surface area contributed by atoms with Gasteiger partial charge in [-0.3, -0.25) is 0 Å². The average Bonchev–Trinajstić information content (AvgIpc) is 2.48. The molecule has 1 N–H and O–H groups in total. The number of piperidine rings is 1. The normalized spacial score (nSPS) is 21.5. The number of aryl methyl sites for hydroxylation is 1. The summed E-state index contributed by atoms with van der Waals surface area (Å²) >= 11 is 0. The fourth-order valence-corrected chi connectivity index (χ4v) is 3.79. The maximum absolute atomic E-state index is 11.1. The van der Waals surface area contributed by atoms with Crippen molar-refractivity contribution in [1.82, 2.24) is 9.97 Å². The first-order valence-electron chi connectivity index (χ1n) is 7.92. The van der Waals surface area contributed by atoms with E-state index in [9.17, 15) is 4.79 Å². The maximum atomic E-state index is 11.1. The van der Waals surface area contributed by atoms with Crippen molar-refractivity contribution in [2.45, 2.75) is 51.9 Å². The molecule has 2 heterocycles. The number of carboxylic acids is 1. The highest BCUT2D eigenvalue weighted by Gasteiger charge is 2.36. The Hall–Kier alpha value is -1.65. The number of rotatable bonds is 2. The molecule has 1 aromatic rings. The van der Waals surface area contributed by atoms with Crippen LogP contribution in [0.25, 0.3) is 0 Å². The van der Waals surface area contributed by atoms with Gasteiger partial charge in [-0.2, -0.15) is 0 Å². The van der Waals surface area contributed by atoms with Gasteiger partial charge in [-0.25, -0.2) is 14.8 Å². The largest absolute Gasteiger partial charge is 0.477 e. The first-order chi connectivity index (χ1) is 10.1. The minimum atomic E-state index is -0.984. The molecular formula is C16H23N3O2. The predicted molar refractivity (Wildman–Crippen MR) is 80.7 cm³/mol. The van der Waals surface area contributed by atoms with E-state index in [0.29, 0.717) is 11.4 Å². The minimum Gasteiger partial charge on any atom is -0.477 e. The van der Waals surface area contributed by atoms with Crippen molar-refractivity contribution in [3.05, 3.63) is 17.5 Å². The summed E-state index contributed by atoms with van der Waals surface area (Å²) in [6.45, 7) is 3.72. The highest BCUT2D eigenvalue weighted by atomic mass is 16.4. The Labute approximate surface area is 125 Å². The van der Waals surface area contributed by atoms with Crippen LogP contribution >= 0.6 is 0 Å². The van der Waals surface area contributed by atoms with Crippen LogP contribution in [0.15, 0.2) is 6.07 Å². The number of hydrogen-bond donors (Lipinski definition) is 1. The van der Waals surface area contributed by atoms with Crippen molar-refractivity contribution in [2.24, 2.45) is 5.41 Å². The van der Waals surface area contributed by atoms with E-state index in [0.717, 1.165) is 18.8 Å². The van der Waals surface area contributed by atoms with Crippen LogP contribution in [0.5, 0.6) is 0 Å². The third-order valence-corrected chi connectivity index (χ3v) is 5.08. The van der Waals surface area contributed by atoms with E-state index in [1.54, 1.807) is 0 Å². The van der Waals surface area contributed by atoms with Gasteiger partial charge in [0.1, 0.15) is 0 Å². The first kappa shape index (κ1) is 14.3. The van der Waals surface area contributed by atoms with Crippen LogP contribution < -0.4 is 4.90 Å². The van der Waals surface area contributed by atoms with Gasteiger partial charge in [-0.05, 0) is 44.1 Å². The second-order valence-electron chi connectivity index (χ2n) is 6.55. The van der Waals surface area contributed by atoms with Gasteiger partial charge in [-0.15, -0.1) is 0 Å². The highest BCUT2D eigenvalue weighted by molar-refractivity contribution is 5.85. The Bertz CT molecular complexity index is 528. The van der Waals surface area contributed by atoms with E-state index < -0.39 is 5.97 Å². The van der Waals surface area contributed by atoms with Crippen LogP contribution in [0.3, 0.4) is 0 Å². The second kappa shape index (κ2) is 5.62. The van der Waals surface area contributed by atoms with Gasteiger partial charge in [0.15, 0.2) is 5.69 Å². The number of nitrogens with zero attached hydrogens (tertiary/aromatic N) is 3. The molecule has 1 saturated carbocycles. The Morgan fingerprint density at radius 1 is 1.14 bits per heavy atom. The molecule has 0 aromatic carbocycles. The molecule has 2 fully saturated rings. The van der Waals surface area contributed by atoms with Gasteiger partial charge in [-0.1, -0.05) is 19.3 Å². The van der Waals surface area contributed by atoms with Crippen molar-refractivity contribution in [2.75, 3.05) is 18.0 Å². The minimum absolute atomic E-state index is 0.0930. The summed E-state index contributed by atoms with van der Waals surface area (Å²) in [7, 11) is 0. The molecule has 1 saturated heterocycles. The zero-order valence-electron chi connectivity index (χ0n) is 12.6. The predicted octanol–water partition coefficient (Wildman–Crippen LogP) is 3.03. The number of carbonyl (C=O) groups is 1. The summed E-state index contributed by atoms with van der Waals surface area (Å²) in [4.78, 5) is 21.9. The number of aromatic carboxylic acids is 1. The summed E-state index contributed by atoms with van der Waals surface area (Å²) in [6, 6.07) is 1.53. The van der Waals surface area contributed by atoms with Crippen LogP contribution in [-0.2, 0) is 0 Å². The highest BCUT2D eigenvalue weighted by Crippen LogP contribution is 2.44. The molecule has 3 rings (SSSR count). The fourth-order valence-electron chi connectivity index (χ4n) is 3.79. The lowest BCUT2D eigenvalue weighted by molar-refractivity contribution is 0.0690. The molecule has 5 nitrogen and oxygen atoms in total. The summed E-state index contributed by atoms with van der Waals surface area (Å²) in [5, 5.41) is 9.12. The molecule has 1 aliphatic heterocycles. The topological polar surface area (TPSA) is 66.3 Å². The van der Waals surface area contributed by atoms with Gasteiger partial charge < -0.3 is 10.0 Å². The van der Waals surface area contributed by atoms with E-state index in [1.165, 1.54) is 51.0 Å². The lowest BCUT2D eigenvalue weighted by atomic mass is 9.68. The zero-order chi connectivity index (χ0) is 14.9. The van der Waals surface area contributed by atoms with E-state index in [2.05, 4.69) is 14.9 Å². The van der Waals surface area contributed by atoms with Crippen LogP contribution in [0.2, 0.25) is 0 Å². The molecule has 0 amide bonds. The smallest absolute Gasteiger partial charge is 0.354 e. The molecule has 1 aromatic heterocycles. The van der Waals surface area contributed by atoms with Crippen molar-refractivity contribution in [3.8, 4) is 0 Å². The van der Waals surface area contributed by atoms with Crippen LogP contribution in [0, 0.1) is 12.3 Å². The third kappa shape index (κ3) is 3.01. The van der Waals surface area contributed by atoms with E-state index in [4.69, 9.17) is 5.11 Å². The zero-order valence-corrected chi connectivity index (χ0v) is 12.6. The maximum Gasteiger partial charge on any atom is 0.354 e. The Morgan fingerprint density at radius 2 is 1.81 bits per heavy atom. The number of hydrogen-bond acceptors (Lipinski definition) is 4. The van der Waals surface area contributed by atoms with E-state index >= 15 is 0 Å². The monoisotopic (exact) mass is 289 g/mol.